The number of rotatable bonds is 5. The van der Waals surface area contributed by atoms with Gasteiger partial charge in [0.05, 0.1) is 6.42 Å². The molecule has 28 heavy (non-hydrogen) atoms. The molecule has 0 aliphatic carbocycles. The molecule has 0 aromatic heterocycles. The van der Waals surface area contributed by atoms with Crippen molar-refractivity contribution in [3.05, 3.63) is 48.0 Å². The van der Waals surface area contributed by atoms with Gasteiger partial charge in [-0.2, -0.15) is 0 Å². The van der Waals surface area contributed by atoms with E-state index in [4.69, 9.17) is 5.73 Å². The number of halogens is 1. The Hall–Kier alpha value is -2.11. The van der Waals surface area contributed by atoms with Crippen LogP contribution in [0.1, 0.15) is 32.3 Å². The monoisotopic (exact) mass is 403 g/mol. The summed E-state index contributed by atoms with van der Waals surface area (Å²) >= 11 is 0. The van der Waals surface area contributed by atoms with E-state index in [1.54, 1.807) is 4.90 Å². The summed E-state index contributed by atoms with van der Waals surface area (Å²) < 4.78 is 0. The highest BCUT2D eigenvalue weighted by atomic mass is 35.5. The van der Waals surface area contributed by atoms with E-state index in [0.29, 0.717) is 6.54 Å². The van der Waals surface area contributed by atoms with Crippen LogP contribution in [0.3, 0.4) is 0 Å². The number of fused-ring (bicyclic) bond motifs is 1. The highest BCUT2D eigenvalue weighted by molar-refractivity contribution is 5.90. The van der Waals surface area contributed by atoms with Crippen molar-refractivity contribution in [2.24, 2.45) is 11.7 Å². The van der Waals surface area contributed by atoms with Crippen LogP contribution in [0, 0.1) is 5.92 Å². The molecule has 2 amide bonds. The minimum Gasteiger partial charge on any atom is -0.344 e. The molecule has 2 aromatic rings. The molecule has 3 rings (SSSR count). The smallest absolute Gasteiger partial charge is 0.245 e. The fraction of sp³-hybridized carbons (Fsp3) is 0.455. The van der Waals surface area contributed by atoms with Gasteiger partial charge in [0, 0.05) is 19.1 Å². The van der Waals surface area contributed by atoms with Crippen molar-refractivity contribution in [2.45, 2.75) is 45.2 Å². The summed E-state index contributed by atoms with van der Waals surface area (Å²) in [6, 6.07) is 13.6. The summed E-state index contributed by atoms with van der Waals surface area (Å²) in [5, 5.41) is 5.22. The molecule has 152 valence electrons. The summed E-state index contributed by atoms with van der Waals surface area (Å²) in [5.41, 5.74) is 6.95. The quantitative estimate of drug-likeness (QED) is 0.805. The van der Waals surface area contributed by atoms with Gasteiger partial charge in [-0.25, -0.2) is 0 Å². The zero-order valence-electron chi connectivity index (χ0n) is 16.6. The minimum atomic E-state index is -0.511. The van der Waals surface area contributed by atoms with Gasteiger partial charge >= 0.3 is 0 Å². The number of hydrogen-bond acceptors (Lipinski definition) is 3. The molecule has 3 N–H and O–H groups in total. The van der Waals surface area contributed by atoms with E-state index in [9.17, 15) is 9.59 Å². The van der Waals surface area contributed by atoms with E-state index < -0.39 is 6.04 Å². The standard InChI is InChI=1S/C22H29N3O2.ClH/c1-15(2)21(22(27)25-11-5-8-19(23)14-25)24-20(26)13-16-9-10-17-6-3-4-7-18(17)12-16;/h3-4,6-7,9-10,12,15,19,21H,5,8,11,13-14,23H2,1-2H3,(H,24,26);1H. The van der Waals surface area contributed by atoms with E-state index in [1.807, 2.05) is 50.2 Å². The van der Waals surface area contributed by atoms with Gasteiger partial charge in [-0.3, -0.25) is 9.59 Å². The number of likely N-dealkylation sites (tertiary alicyclic amines) is 1. The van der Waals surface area contributed by atoms with Crippen molar-refractivity contribution in [1.82, 2.24) is 10.2 Å². The van der Waals surface area contributed by atoms with Crippen LogP contribution in [0.4, 0.5) is 0 Å². The number of amides is 2. The van der Waals surface area contributed by atoms with Gasteiger partial charge in [-0.15, -0.1) is 12.4 Å². The van der Waals surface area contributed by atoms with E-state index in [2.05, 4.69) is 11.4 Å². The van der Waals surface area contributed by atoms with Gasteiger partial charge in [0.25, 0.3) is 0 Å². The molecule has 0 radical (unpaired) electrons. The number of nitrogens with two attached hydrogens (primary N) is 1. The largest absolute Gasteiger partial charge is 0.344 e. The summed E-state index contributed by atoms with van der Waals surface area (Å²) in [4.78, 5) is 27.3. The third kappa shape index (κ3) is 5.46. The maximum absolute atomic E-state index is 12.9. The average Bonchev–Trinajstić information content (AvgIpc) is 2.65. The topological polar surface area (TPSA) is 75.4 Å². The zero-order valence-corrected chi connectivity index (χ0v) is 17.4. The predicted molar refractivity (Wildman–Crippen MR) is 115 cm³/mol. The first-order valence-corrected chi connectivity index (χ1v) is 9.75. The molecule has 1 saturated heterocycles. The number of hydrogen-bond donors (Lipinski definition) is 2. The summed E-state index contributed by atoms with van der Waals surface area (Å²) in [6.07, 6.45) is 2.13. The Labute approximate surface area is 173 Å². The molecule has 1 aliphatic heterocycles. The molecule has 6 heteroatoms. The fourth-order valence-corrected chi connectivity index (χ4v) is 3.68. The molecule has 0 spiro atoms. The molecular weight excluding hydrogens is 374 g/mol. The van der Waals surface area contributed by atoms with Gasteiger partial charge in [-0.05, 0) is 35.1 Å². The molecule has 2 unspecified atom stereocenters. The highest BCUT2D eigenvalue weighted by Crippen LogP contribution is 2.17. The second-order valence-corrected chi connectivity index (χ2v) is 7.83. The SMILES string of the molecule is CC(C)C(NC(=O)Cc1ccc2ccccc2c1)C(=O)N1CCCC(N)C1.Cl. The Morgan fingerprint density at radius 1 is 1.18 bits per heavy atom. The van der Waals surface area contributed by atoms with Crippen molar-refractivity contribution < 1.29 is 9.59 Å². The number of benzene rings is 2. The number of piperidine rings is 1. The van der Waals surface area contributed by atoms with E-state index in [-0.39, 0.29) is 42.6 Å². The van der Waals surface area contributed by atoms with Crippen LogP contribution in [-0.4, -0.2) is 41.9 Å². The second-order valence-electron chi connectivity index (χ2n) is 7.83. The zero-order chi connectivity index (χ0) is 19.4. The molecule has 1 heterocycles. The Balaban J connectivity index is 0.00000280. The Morgan fingerprint density at radius 3 is 2.57 bits per heavy atom. The van der Waals surface area contributed by atoms with Crippen molar-refractivity contribution in [2.75, 3.05) is 13.1 Å². The lowest BCUT2D eigenvalue weighted by molar-refractivity contribution is -0.138. The number of carbonyl (C=O) groups is 2. The van der Waals surface area contributed by atoms with Crippen LogP contribution in [0.5, 0.6) is 0 Å². The molecule has 1 fully saturated rings. The third-order valence-corrected chi connectivity index (χ3v) is 5.20. The van der Waals surface area contributed by atoms with Gasteiger partial charge in [0.2, 0.25) is 11.8 Å². The first-order valence-electron chi connectivity index (χ1n) is 9.75. The third-order valence-electron chi connectivity index (χ3n) is 5.20. The second kappa shape index (κ2) is 9.89. The van der Waals surface area contributed by atoms with Crippen molar-refractivity contribution in [1.29, 1.82) is 0 Å². The molecular formula is C22H30ClN3O2. The van der Waals surface area contributed by atoms with Gasteiger partial charge in [-0.1, -0.05) is 56.3 Å². The number of nitrogens with one attached hydrogen (secondary N) is 1. The summed E-state index contributed by atoms with van der Waals surface area (Å²) in [5.74, 6) is -0.123. The fourth-order valence-electron chi connectivity index (χ4n) is 3.68. The molecule has 0 bridgehead atoms. The average molecular weight is 404 g/mol. The van der Waals surface area contributed by atoms with Gasteiger partial charge in [0.15, 0.2) is 0 Å². The lowest BCUT2D eigenvalue weighted by Crippen LogP contribution is -2.55. The lowest BCUT2D eigenvalue weighted by atomic mass is 9.99. The molecule has 2 aromatic carbocycles. The lowest BCUT2D eigenvalue weighted by Gasteiger charge is -2.34. The molecule has 1 aliphatic rings. The maximum atomic E-state index is 12.9. The van der Waals surface area contributed by atoms with Crippen LogP contribution in [-0.2, 0) is 16.0 Å². The molecule has 0 saturated carbocycles. The van der Waals surface area contributed by atoms with E-state index in [1.165, 1.54) is 0 Å². The normalized spacial score (nSPS) is 17.9. The predicted octanol–water partition coefficient (Wildman–Crippen LogP) is 2.89. The Bertz CT molecular complexity index is 824. The Kier molecular flexibility index (Phi) is 7.84. The van der Waals surface area contributed by atoms with Gasteiger partial charge < -0.3 is 16.0 Å². The van der Waals surface area contributed by atoms with Crippen LogP contribution < -0.4 is 11.1 Å². The first-order chi connectivity index (χ1) is 12.9. The van der Waals surface area contributed by atoms with E-state index >= 15 is 0 Å². The molecule has 2 atom stereocenters. The van der Waals surface area contributed by atoms with Crippen molar-refractivity contribution in [3.63, 3.8) is 0 Å². The van der Waals surface area contributed by atoms with Crippen LogP contribution in [0.25, 0.3) is 10.8 Å². The van der Waals surface area contributed by atoms with Crippen LogP contribution >= 0.6 is 12.4 Å². The van der Waals surface area contributed by atoms with Crippen LogP contribution in [0.15, 0.2) is 42.5 Å². The summed E-state index contributed by atoms with van der Waals surface area (Å²) in [6.45, 7) is 5.21. The van der Waals surface area contributed by atoms with Crippen LogP contribution in [0.2, 0.25) is 0 Å². The minimum absolute atomic E-state index is 0. The van der Waals surface area contributed by atoms with Crippen molar-refractivity contribution >= 4 is 35.0 Å². The number of carbonyl (C=O) groups excluding carboxylic acids is 2. The van der Waals surface area contributed by atoms with E-state index in [0.717, 1.165) is 35.7 Å². The number of nitrogens with zero attached hydrogens (tertiary/aromatic N) is 1. The first kappa shape index (κ1) is 22.2. The molecule has 5 nitrogen and oxygen atoms in total. The highest BCUT2D eigenvalue weighted by Gasteiger charge is 2.30. The van der Waals surface area contributed by atoms with Gasteiger partial charge in [0.1, 0.15) is 6.04 Å². The summed E-state index contributed by atoms with van der Waals surface area (Å²) in [7, 11) is 0. The van der Waals surface area contributed by atoms with Crippen molar-refractivity contribution in [3.8, 4) is 0 Å². The maximum Gasteiger partial charge on any atom is 0.245 e. The Morgan fingerprint density at radius 2 is 1.89 bits per heavy atom.